The number of nitrogens with one attached hydrogen (secondary N) is 1. The number of methoxy groups -OCH3 is 1. The summed E-state index contributed by atoms with van der Waals surface area (Å²) in [6, 6.07) is 3.42. The summed E-state index contributed by atoms with van der Waals surface area (Å²) in [5.74, 6) is 1.20. The second-order valence-electron chi connectivity index (χ2n) is 5.51. The number of ether oxygens (including phenoxy) is 1. The molecule has 1 aromatic rings. The van der Waals surface area contributed by atoms with Crippen LogP contribution in [0, 0.1) is 25.1 Å². The summed E-state index contributed by atoms with van der Waals surface area (Å²) in [6.07, 6.45) is 5.27. The molecule has 3 atom stereocenters. The van der Waals surface area contributed by atoms with Gasteiger partial charge in [0, 0.05) is 19.5 Å². The molecule has 1 N–H and O–H groups in total. The van der Waals surface area contributed by atoms with E-state index in [4.69, 9.17) is 6.42 Å². The summed E-state index contributed by atoms with van der Waals surface area (Å²) in [7, 11) is 1.24. The number of amides is 1. The van der Waals surface area contributed by atoms with Crippen molar-refractivity contribution < 1.29 is 18.7 Å². The minimum atomic E-state index is -0.837. The molecule has 0 aromatic heterocycles. The van der Waals surface area contributed by atoms with Crippen molar-refractivity contribution in [2.24, 2.45) is 0 Å². The summed E-state index contributed by atoms with van der Waals surface area (Å²) in [4.78, 5) is 25.6. The van der Waals surface area contributed by atoms with Crippen molar-refractivity contribution in [3.05, 3.63) is 35.1 Å². The largest absolute Gasteiger partial charge is 0.467 e. The Hall–Kier alpha value is -2.39. The number of esters is 1. The van der Waals surface area contributed by atoms with Crippen LogP contribution in [-0.2, 0) is 20.9 Å². The molecule has 6 heteroatoms. The zero-order chi connectivity index (χ0) is 17.0. The number of nitrogens with zero attached hydrogens (tertiary/aromatic N) is 1. The van der Waals surface area contributed by atoms with E-state index in [2.05, 4.69) is 16.0 Å². The van der Waals surface area contributed by atoms with Crippen molar-refractivity contribution in [3.63, 3.8) is 0 Å². The number of hydrogen-bond donors (Lipinski definition) is 1. The number of carbonyl (C=O) groups is 2. The van der Waals surface area contributed by atoms with E-state index >= 15 is 0 Å². The Labute approximate surface area is 134 Å². The first-order valence-corrected chi connectivity index (χ1v) is 7.27. The smallest absolute Gasteiger partial charge is 0.329 e. The molecule has 1 saturated heterocycles. The molecule has 1 heterocycles. The minimum absolute atomic E-state index is 0.0775. The van der Waals surface area contributed by atoms with Gasteiger partial charge in [0.1, 0.15) is 17.9 Å². The predicted molar refractivity (Wildman–Crippen MR) is 82.7 cm³/mol. The van der Waals surface area contributed by atoms with Gasteiger partial charge in [0.15, 0.2) is 0 Å². The molecule has 0 spiro atoms. The third kappa shape index (κ3) is 4.30. The molecule has 0 aliphatic carbocycles. The van der Waals surface area contributed by atoms with Gasteiger partial charge in [0.2, 0.25) is 5.91 Å². The van der Waals surface area contributed by atoms with Crippen LogP contribution in [0.4, 0.5) is 4.39 Å². The molecular formula is C17H19FN2O3. The molecule has 2 rings (SSSR count). The average Bonchev–Trinajstić information content (AvgIpc) is 3.29. The highest BCUT2D eigenvalue weighted by molar-refractivity contribution is 5.89. The molecular weight excluding hydrogens is 299 g/mol. The standard InChI is InChI=1S/C17H19FN2O3/c1-4-5-14(17(22)23-3)19-16(21)15-10-20(15)9-12-8-13(18)7-6-11(12)2/h1,6-8,14-15H,5,9-10H2,2-3H3,(H,19,21)/t14-,15?,20?/m0/s1. The minimum Gasteiger partial charge on any atom is -0.467 e. The molecule has 23 heavy (non-hydrogen) atoms. The van der Waals surface area contributed by atoms with Crippen LogP contribution in [0.25, 0.3) is 0 Å². The molecule has 2 unspecified atom stereocenters. The van der Waals surface area contributed by atoms with E-state index in [1.165, 1.54) is 19.2 Å². The zero-order valence-electron chi connectivity index (χ0n) is 13.1. The summed E-state index contributed by atoms with van der Waals surface area (Å²) >= 11 is 0. The van der Waals surface area contributed by atoms with E-state index in [-0.39, 0.29) is 24.2 Å². The lowest BCUT2D eigenvalue weighted by molar-refractivity contribution is -0.144. The Morgan fingerprint density at radius 3 is 2.96 bits per heavy atom. The number of rotatable bonds is 6. The van der Waals surface area contributed by atoms with E-state index in [0.717, 1.165) is 11.1 Å². The fourth-order valence-electron chi connectivity index (χ4n) is 2.35. The lowest BCUT2D eigenvalue weighted by Crippen LogP contribution is -2.43. The quantitative estimate of drug-likeness (QED) is 0.483. The highest BCUT2D eigenvalue weighted by Crippen LogP contribution is 2.23. The normalized spacial score (nSPS) is 20.3. The first-order valence-electron chi connectivity index (χ1n) is 7.27. The fraction of sp³-hybridized carbons (Fsp3) is 0.412. The van der Waals surface area contributed by atoms with Gasteiger partial charge in [-0.15, -0.1) is 12.3 Å². The van der Waals surface area contributed by atoms with Crippen molar-refractivity contribution in [1.29, 1.82) is 0 Å². The third-order valence-corrected chi connectivity index (χ3v) is 3.83. The molecule has 1 amide bonds. The van der Waals surface area contributed by atoms with Gasteiger partial charge in [-0.25, -0.2) is 9.18 Å². The van der Waals surface area contributed by atoms with E-state index in [1.807, 2.05) is 11.8 Å². The summed E-state index contributed by atoms with van der Waals surface area (Å²) in [5, 5.41) is 2.60. The first-order chi connectivity index (χ1) is 11.0. The summed E-state index contributed by atoms with van der Waals surface area (Å²) in [5.41, 5.74) is 1.81. The van der Waals surface area contributed by atoms with Gasteiger partial charge in [0.05, 0.1) is 7.11 Å². The number of benzene rings is 1. The van der Waals surface area contributed by atoms with E-state index in [1.54, 1.807) is 6.07 Å². The van der Waals surface area contributed by atoms with Crippen LogP contribution in [-0.4, -0.2) is 42.5 Å². The second kappa shape index (κ2) is 7.25. The maximum Gasteiger partial charge on any atom is 0.329 e. The Balaban J connectivity index is 1.92. The number of aryl methyl sites for hydroxylation is 1. The van der Waals surface area contributed by atoms with Crippen LogP contribution in [0.15, 0.2) is 18.2 Å². The molecule has 1 aliphatic rings. The maximum atomic E-state index is 13.3. The predicted octanol–water partition coefficient (Wildman–Crippen LogP) is 0.999. The second-order valence-corrected chi connectivity index (χ2v) is 5.51. The molecule has 0 radical (unpaired) electrons. The van der Waals surface area contributed by atoms with Gasteiger partial charge < -0.3 is 10.1 Å². The van der Waals surface area contributed by atoms with Crippen molar-refractivity contribution in [2.75, 3.05) is 13.7 Å². The number of terminal acetylenes is 1. The number of halogens is 1. The lowest BCUT2D eigenvalue weighted by atomic mass is 10.1. The van der Waals surface area contributed by atoms with Crippen molar-refractivity contribution >= 4 is 11.9 Å². The van der Waals surface area contributed by atoms with Gasteiger partial charge in [0.25, 0.3) is 0 Å². The lowest BCUT2D eigenvalue weighted by Gasteiger charge is -2.14. The van der Waals surface area contributed by atoms with Crippen molar-refractivity contribution in [1.82, 2.24) is 10.2 Å². The van der Waals surface area contributed by atoms with Crippen LogP contribution in [0.5, 0.6) is 0 Å². The van der Waals surface area contributed by atoms with Gasteiger partial charge in [-0.3, -0.25) is 9.69 Å². The van der Waals surface area contributed by atoms with E-state index in [9.17, 15) is 14.0 Å². The van der Waals surface area contributed by atoms with E-state index in [0.29, 0.717) is 13.1 Å². The molecule has 5 nitrogen and oxygen atoms in total. The Morgan fingerprint density at radius 1 is 1.57 bits per heavy atom. The number of carbonyl (C=O) groups excluding carboxylic acids is 2. The van der Waals surface area contributed by atoms with Gasteiger partial charge >= 0.3 is 5.97 Å². The third-order valence-electron chi connectivity index (χ3n) is 3.83. The molecule has 1 aromatic carbocycles. The maximum absolute atomic E-state index is 13.3. The van der Waals surface area contributed by atoms with Crippen LogP contribution in [0.2, 0.25) is 0 Å². The summed E-state index contributed by atoms with van der Waals surface area (Å²) < 4.78 is 17.9. The van der Waals surface area contributed by atoms with Crippen molar-refractivity contribution in [3.8, 4) is 12.3 Å². The molecule has 1 fully saturated rings. The Bertz CT molecular complexity index is 654. The Morgan fingerprint density at radius 2 is 2.30 bits per heavy atom. The number of hydrogen-bond acceptors (Lipinski definition) is 4. The average molecular weight is 318 g/mol. The molecule has 0 saturated carbocycles. The van der Waals surface area contributed by atoms with Gasteiger partial charge in [-0.2, -0.15) is 0 Å². The Kier molecular flexibility index (Phi) is 5.35. The topological polar surface area (TPSA) is 58.4 Å². The SMILES string of the molecule is C#CC[C@H](NC(=O)C1CN1Cc1cc(F)ccc1C)C(=O)OC. The van der Waals surface area contributed by atoms with Crippen LogP contribution in [0.3, 0.4) is 0 Å². The molecule has 0 bridgehead atoms. The zero-order valence-corrected chi connectivity index (χ0v) is 13.1. The molecule has 122 valence electrons. The van der Waals surface area contributed by atoms with Crippen LogP contribution in [0.1, 0.15) is 17.5 Å². The molecule has 1 aliphatic heterocycles. The van der Waals surface area contributed by atoms with Gasteiger partial charge in [-0.1, -0.05) is 6.07 Å². The highest BCUT2D eigenvalue weighted by Gasteiger charge is 2.41. The first kappa shape index (κ1) is 17.0. The highest BCUT2D eigenvalue weighted by atomic mass is 19.1. The monoisotopic (exact) mass is 318 g/mol. The van der Waals surface area contributed by atoms with Crippen molar-refractivity contribution in [2.45, 2.75) is 32.0 Å². The van der Waals surface area contributed by atoms with Crippen LogP contribution >= 0.6 is 0 Å². The van der Waals surface area contributed by atoms with E-state index < -0.39 is 12.0 Å². The fourth-order valence-corrected chi connectivity index (χ4v) is 2.35. The van der Waals surface area contributed by atoms with Crippen LogP contribution < -0.4 is 5.32 Å². The summed E-state index contributed by atoms with van der Waals surface area (Å²) in [6.45, 7) is 2.94. The van der Waals surface area contributed by atoms with Gasteiger partial charge in [-0.05, 0) is 30.2 Å².